The van der Waals surface area contributed by atoms with Gasteiger partial charge in [-0.1, -0.05) is 62.4 Å². The smallest absolute Gasteiger partial charge is 0.230 e. The second kappa shape index (κ2) is 14.4. The van der Waals surface area contributed by atoms with Gasteiger partial charge < -0.3 is 19.9 Å². The van der Waals surface area contributed by atoms with Gasteiger partial charge in [-0.25, -0.2) is 0 Å². The summed E-state index contributed by atoms with van der Waals surface area (Å²) in [4.78, 5) is 31.6. The first kappa shape index (κ1) is 32.3. The first-order valence-corrected chi connectivity index (χ1v) is 16.4. The number of ketones is 1. The average Bonchev–Trinajstić information content (AvgIpc) is 3.51. The van der Waals surface area contributed by atoms with E-state index in [1.807, 2.05) is 66.2 Å². The molecule has 244 valence electrons. The van der Waals surface area contributed by atoms with E-state index in [0.717, 1.165) is 76.8 Å². The summed E-state index contributed by atoms with van der Waals surface area (Å²) in [5.41, 5.74) is 5.93. The Labute approximate surface area is 276 Å². The van der Waals surface area contributed by atoms with E-state index in [0.29, 0.717) is 24.9 Å². The summed E-state index contributed by atoms with van der Waals surface area (Å²) in [5, 5.41) is 10.4. The van der Waals surface area contributed by atoms with Crippen molar-refractivity contribution >= 4 is 34.1 Å². The van der Waals surface area contributed by atoms with Gasteiger partial charge in [-0.05, 0) is 61.5 Å². The van der Waals surface area contributed by atoms with Crippen LogP contribution in [0.15, 0.2) is 73.1 Å². The van der Waals surface area contributed by atoms with E-state index in [9.17, 15) is 4.79 Å². The maximum atomic E-state index is 12.6. The minimum atomic E-state index is 0.0936. The Kier molecular flexibility index (Phi) is 9.89. The van der Waals surface area contributed by atoms with E-state index in [4.69, 9.17) is 19.7 Å². The zero-order valence-electron chi connectivity index (χ0n) is 28.0. The zero-order chi connectivity index (χ0) is 32.9. The number of aromatic nitrogens is 5. The van der Waals surface area contributed by atoms with Crippen molar-refractivity contribution in [2.75, 3.05) is 51.1 Å². The number of rotatable bonds is 12. The van der Waals surface area contributed by atoms with Crippen LogP contribution in [0.25, 0.3) is 27.7 Å². The number of hydrogen-bond donors (Lipinski definition) is 1. The van der Waals surface area contributed by atoms with Crippen LogP contribution in [0, 0.1) is 0 Å². The largest absolute Gasteiger partial charge is 0.381 e. The standard InChI is InChI=1S/C37H44N8O2/c1-25(2)33-24-40-45-35(33)41-37(44-19-15-30(47-5)16-20-44)42-36(45)39-23-28-9-6-7-11-31(28)34-32-13-12-26(21-27(32)14-17-38-34)22-29(46)10-8-18-43(3)4/h6-14,17,21,24-25,30H,15-16,18-20,22-23H2,1-5H3,(H,39,41,42)/b10-8+. The van der Waals surface area contributed by atoms with Gasteiger partial charge in [0.15, 0.2) is 11.4 Å². The van der Waals surface area contributed by atoms with Crippen LogP contribution >= 0.6 is 0 Å². The first-order chi connectivity index (χ1) is 22.8. The van der Waals surface area contributed by atoms with E-state index >= 15 is 0 Å². The molecule has 0 amide bonds. The minimum absolute atomic E-state index is 0.0936. The third kappa shape index (κ3) is 7.34. The Balaban J connectivity index is 1.27. The molecule has 1 fully saturated rings. The number of nitrogens with one attached hydrogen (secondary N) is 1. The van der Waals surface area contributed by atoms with Gasteiger partial charge in [-0.3, -0.25) is 9.78 Å². The fraction of sp³-hybridized carbons (Fsp3) is 0.378. The van der Waals surface area contributed by atoms with Crippen LogP contribution < -0.4 is 10.2 Å². The predicted octanol–water partition coefficient (Wildman–Crippen LogP) is 5.92. The summed E-state index contributed by atoms with van der Waals surface area (Å²) in [5.74, 6) is 1.73. The van der Waals surface area contributed by atoms with Gasteiger partial charge in [-0.2, -0.15) is 19.6 Å². The van der Waals surface area contributed by atoms with Crippen molar-refractivity contribution in [1.29, 1.82) is 0 Å². The van der Waals surface area contributed by atoms with Crippen molar-refractivity contribution in [1.82, 2.24) is 29.5 Å². The molecule has 0 unspecified atom stereocenters. The number of ether oxygens (including phenoxy) is 1. The van der Waals surface area contributed by atoms with Crippen LogP contribution in [0.2, 0.25) is 0 Å². The fourth-order valence-electron chi connectivity index (χ4n) is 6.12. The highest BCUT2D eigenvalue weighted by atomic mass is 16.5. The average molecular weight is 633 g/mol. The molecule has 3 aromatic heterocycles. The Hall–Kier alpha value is -4.67. The third-order valence-electron chi connectivity index (χ3n) is 8.75. The quantitative estimate of drug-likeness (QED) is 0.168. The molecular weight excluding hydrogens is 588 g/mol. The van der Waals surface area contributed by atoms with Crippen molar-refractivity contribution in [3.05, 3.63) is 89.8 Å². The second-order valence-corrected chi connectivity index (χ2v) is 12.8. The predicted molar refractivity (Wildman–Crippen MR) is 188 cm³/mol. The lowest BCUT2D eigenvalue weighted by molar-refractivity contribution is -0.114. The Morgan fingerprint density at radius 1 is 1.11 bits per heavy atom. The lowest BCUT2D eigenvalue weighted by Crippen LogP contribution is -2.37. The van der Waals surface area contributed by atoms with Gasteiger partial charge in [0.25, 0.3) is 0 Å². The zero-order valence-corrected chi connectivity index (χ0v) is 28.0. The molecule has 47 heavy (non-hydrogen) atoms. The Bertz CT molecular complexity index is 1890. The molecule has 4 heterocycles. The van der Waals surface area contributed by atoms with Gasteiger partial charge in [-0.15, -0.1) is 0 Å². The molecular formula is C37H44N8O2. The SMILES string of the molecule is COC1CCN(c2nc(NCc3ccccc3-c3nccc4cc(CC(=O)/C=C/CN(C)C)ccc34)n3ncc(C(C)C)c3n2)CC1. The summed E-state index contributed by atoms with van der Waals surface area (Å²) in [6.45, 7) is 7.27. The molecule has 0 spiro atoms. The van der Waals surface area contributed by atoms with Crippen LogP contribution in [-0.2, 0) is 22.5 Å². The van der Waals surface area contributed by atoms with E-state index in [1.165, 1.54) is 0 Å². The maximum Gasteiger partial charge on any atom is 0.230 e. The van der Waals surface area contributed by atoms with Crippen molar-refractivity contribution in [2.45, 2.75) is 51.7 Å². The minimum Gasteiger partial charge on any atom is -0.381 e. The van der Waals surface area contributed by atoms with Gasteiger partial charge in [0.2, 0.25) is 11.9 Å². The third-order valence-corrected chi connectivity index (χ3v) is 8.75. The molecule has 0 saturated carbocycles. The highest BCUT2D eigenvalue weighted by Gasteiger charge is 2.23. The molecule has 10 nitrogen and oxygen atoms in total. The molecule has 10 heteroatoms. The Morgan fingerprint density at radius 2 is 1.91 bits per heavy atom. The summed E-state index contributed by atoms with van der Waals surface area (Å²) in [6.07, 6.45) is 9.86. The molecule has 2 aromatic carbocycles. The van der Waals surface area contributed by atoms with Crippen molar-refractivity contribution in [3.63, 3.8) is 0 Å². The monoisotopic (exact) mass is 632 g/mol. The normalized spacial score (nSPS) is 14.3. The topological polar surface area (TPSA) is 101 Å². The summed E-state index contributed by atoms with van der Waals surface area (Å²) in [6, 6.07) is 16.5. The lowest BCUT2D eigenvalue weighted by Gasteiger charge is -2.31. The number of methoxy groups -OCH3 is 1. The van der Waals surface area contributed by atoms with E-state index < -0.39 is 0 Å². The number of benzene rings is 2. The second-order valence-electron chi connectivity index (χ2n) is 12.8. The number of pyridine rings is 1. The van der Waals surface area contributed by atoms with Crippen LogP contribution in [-0.4, -0.2) is 82.2 Å². The van der Waals surface area contributed by atoms with Gasteiger partial charge in [0.05, 0.1) is 18.0 Å². The Morgan fingerprint density at radius 3 is 2.68 bits per heavy atom. The highest BCUT2D eigenvalue weighted by molar-refractivity contribution is 5.97. The number of carbonyl (C=O) groups excluding carboxylic acids is 1. The van der Waals surface area contributed by atoms with E-state index in [-0.39, 0.29) is 17.8 Å². The van der Waals surface area contributed by atoms with Gasteiger partial charge in [0, 0.05) is 62.4 Å². The van der Waals surface area contributed by atoms with Crippen molar-refractivity contribution in [2.24, 2.45) is 0 Å². The maximum absolute atomic E-state index is 12.6. The fourth-order valence-corrected chi connectivity index (χ4v) is 6.12. The summed E-state index contributed by atoms with van der Waals surface area (Å²) in [7, 11) is 5.75. The molecule has 6 rings (SSSR count). The molecule has 0 aliphatic carbocycles. The first-order valence-electron chi connectivity index (χ1n) is 16.4. The van der Waals surface area contributed by atoms with Crippen LogP contribution in [0.4, 0.5) is 11.9 Å². The van der Waals surface area contributed by atoms with Gasteiger partial charge in [0.1, 0.15) is 0 Å². The lowest BCUT2D eigenvalue weighted by atomic mass is 9.97. The van der Waals surface area contributed by atoms with Crippen LogP contribution in [0.1, 0.15) is 49.3 Å². The van der Waals surface area contributed by atoms with Crippen LogP contribution in [0.3, 0.4) is 0 Å². The molecule has 1 aliphatic rings. The summed E-state index contributed by atoms with van der Waals surface area (Å²) >= 11 is 0. The number of allylic oxidation sites excluding steroid dienone is 1. The molecule has 0 radical (unpaired) electrons. The number of carbonyl (C=O) groups is 1. The molecule has 1 N–H and O–H groups in total. The van der Waals surface area contributed by atoms with Crippen LogP contribution in [0.5, 0.6) is 0 Å². The number of nitrogens with zero attached hydrogens (tertiary/aromatic N) is 7. The van der Waals surface area contributed by atoms with Crippen molar-refractivity contribution in [3.8, 4) is 11.3 Å². The number of anilines is 2. The van der Waals surface area contributed by atoms with E-state index in [2.05, 4.69) is 53.4 Å². The summed E-state index contributed by atoms with van der Waals surface area (Å²) < 4.78 is 7.41. The van der Waals surface area contributed by atoms with Crippen molar-refractivity contribution < 1.29 is 9.53 Å². The van der Waals surface area contributed by atoms with E-state index in [1.54, 1.807) is 13.2 Å². The van der Waals surface area contributed by atoms with Gasteiger partial charge >= 0.3 is 0 Å². The number of fused-ring (bicyclic) bond motifs is 2. The number of likely N-dealkylation sites (N-methyl/N-ethyl adjacent to an activating group) is 1. The molecule has 5 aromatic rings. The molecule has 0 bridgehead atoms. The molecule has 0 atom stereocenters. The number of piperidine rings is 1. The number of hydrogen-bond acceptors (Lipinski definition) is 9. The molecule has 1 aliphatic heterocycles. The molecule has 1 saturated heterocycles. The highest BCUT2D eigenvalue weighted by Crippen LogP contribution is 2.31.